The third kappa shape index (κ3) is 3.64. The average molecular weight is 319 g/mol. The van der Waals surface area contributed by atoms with Crippen LogP contribution in [0.15, 0.2) is 12.4 Å². The van der Waals surface area contributed by atoms with E-state index in [9.17, 15) is 14.4 Å². The standard InChI is InChI=1S/C15H21N5O3/c1-10-16-7-12(8-17-10)14(22)20-6-5-19(11(2)21)9-13(20)15(23)18(3)4/h7-8,13H,5-6,9H2,1-4H3. The molecule has 1 aliphatic rings. The van der Waals surface area contributed by atoms with Gasteiger partial charge in [-0.2, -0.15) is 0 Å². The molecule has 23 heavy (non-hydrogen) atoms. The number of nitrogens with zero attached hydrogens (tertiary/aromatic N) is 5. The smallest absolute Gasteiger partial charge is 0.257 e. The zero-order valence-electron chi connectivity index (χ0n) is 13.8. The van der Waals surface area contributed by atoms with Crippen LogP contribution in [-0.2, 0) is 9.59 Å². The van der Waals surface area contributed by atoms with E-state index in [1.807, 2.05) is 0 Å². The second kappa shape index (κ2) is 6.72. The lowest BCUT2D eigenvalue weighted by molar-refractivity contribution is -0.139. The Morgan fingerprint density at radius 2 is 1.78 bits per heavy atom. The lowest BCUT2D eigenvalue weighted by Gasteiger charge is -2.41. The number of aromatic nitrogens is 2. The maximum Gasteiger partial charge on any atom is 0.257 e. The first kappa shape index (κ1) is 16.9. The molecule has 1 aromatic heterocycles. The van der Waals surface area contributed by atoms with Crippen LogP contribution in [0.5, 0.6) is 0 Å². The fourth-order valence-corrected chi connectivity index (χ4v) is 2.49. The number of carbonyl (C=O) groups is 3. The molecule has 124 valence electrons. The number of hydrogen-bond donors (Lipinski definition) is 0. The van der Waals surface area contributed by atoms with Crippen molar-refractivity contribution in [3.63, 3.8) is 0 Å². The molecule has 0 N–H and O–H groups in total. The quantitative estimate of drug-likeness (QED) is 0.736. The normalized spacial score (nSPS) is 17.8. The molecule has 1 fully saturated rings. The van der Waals surface area contributed by atoms with Gasteiger partial charge in [-0.1, -0.05) is 0 Å². The summed E-state index contributed by atoms with van der Waals surface area (Å²) in [6.45, 7) is 4.10. The molecule has 1 unspecified atom stereocenters. The summed E-state index contributed by atoms with van der Waals surface area (Å²) in [6, 6.07) is -0.698. The van der Waals surface area contributed by atoms with Gasteiger partial charge >= 0.3 is 0 Å². The fraction of sp³-hybridized carbons (Fsp3) is 0.533. The van der Waals surface area contributed by atoms with Gasteiger partial charge in [0.1, 0.15) is 11.9 Å². The number of amides is 3. The number of carbonyl (C=O) groups excluding carboxylic acids is 3. The van der Waals surface area contributed by atoms with Gasteiger partial charge in [-0.25, -0.2) is 9.97 Å². The van der Waals surface area contributed by atoms with E-state index in [-0.39, 0.29) is 24.3 Å². The lowest BCUT2D eigenvalue weighted by atomic mass is 10.1. The maximum atomic E-state index is 12.7. The van der Waals surface area contributed by atoms with Gasteiger partial charge < -0.3 is 14.7 Å². The highest BCUT2D eigenvalue weighted by atomic mass is 16.2. The van der Waals surface area contributed by atoms with Crippen LogP contribution in [0.25, 0.3) is 0 Å². The topological polar surface area (TPSA) is 86.7 Å². The number of piperazine rings is 1. The van der Waals surface area contributed by atoms with Gasteiger partial charge in [0, 0.05) is 46.5 Å². The predicted octanol–water partition coefficient (Wildman–Crippen LogP) is -0.454. The molecule has 8 nitrogen and oxygen atoms in total. The van der Waals surface area contributed by atoms with Crippen molar-refractivity contribution in [2.75, 3.05) is 33.7 Å². The van der Waals surface area contributed by atoms with Crippen molar-refractivity contribution in [1.29, 1.82) is 0 Å². The molecule has 0 spiro atoms. The van der Waals surface area contributed by atoms with Gasteiger partial charge in [0.25, 0.3) is 5.91 Å². The summed E-state index contributed by atoms with van der Waals surface area (Å²) in [5, 5.41) is 0. The number of hydrogen-bond acceptors (Lipinski definition) is 5. The second-order valence-electron chi connectivity index (χ2n) is 5.73. The van der Waals surface area contributed by atoms with Gasteiger partial charge in [-0.15, -0.1) is 0 Å². The summed E-state index contributed by atoms with van der Waals surface area (Å²) >= 11 is 0. The van der Waals surface area contributed by atoms with Gasteiger partial charge in [0.2, 0.25) is 11.8 Å². The SMILES string of the molecule is CC(=O)N1CCN(C(=O)c2cnc(C)nc2)C(C(=O)N(C)C)C1. The van der Waals surface area contributed by atoms with Gasteiger partial charge in [0.05, 0.1) is 12.1 Å². The molecule has 2 rings (SSSR count). The van der Waals surface area contributed by atoms with Crippen LogP contribution in [0.3, 0.4) is 0 Å². The number of rotatable bonds is 2. The summed E-state index contributed by atoms with van der Waals surface area (Å²) in [6.07, 6.45) is 2.92. The number of likely N-dealkylation sites (N-methyl/N-ethyl adjacent to an activating group) is 1. The molecular weight excluding hydrogens is 298 g/mol. The van der Waals surface area contributed by atoms with Crippen molar-refractivity contribution >= 4 is 17.7 Å². The van der Waals surface area contributed by atoms with E-state index in [0.717, 1.165) is 0 Å². The highest BCUT2D eigenvalue weighted by molar-refractivity contribution is 5.97. The van der Waals surface area contributed by atoms with Crippen molar-refractivity contribution in [2.45, 2.75) is 19.9 Å². The van der Waals surface area contributed by atoms with Crippen LogP contribution in [-0.4, -0.2) is 82.2 Å². The number of aryl methyl sites for hydroxylation is 1. The Morgan fingerprint density at radius 1 is 1.17 bits per heavy atom. The van der Waals surface area contributed by atoms with Gasteiger partial charge in [0.15, 0.2) is 0 Å². The third-order valence-electron chi connectivity index (χ3n) is 3.84. The van der Waals surface area contributed by atoms with Crippen LogP contribution in [0.1, 0.15) is 23.1 Å². The summed E-state index contributed by atoms with van der Waals surface area (Å²) in [5.41, 5.74) is 0.337. The van der Waals surface area contributed by atoms with Crippen molar-refractivity contribution in [2.24, 2.45) is 0 Å². The average Bonchev–Trinajstić information content (AvgIpc) is 2.53. The molecule has 1 aromatic rings. The zero-order valence-corrected chi connectivity index (χ0v) is 13.8. The van der Waals surface area contributed by atoms with Crippen LogP contribution in [0.2, 0.25) is 0 Å². The molecule has 0 radical (unpaired) electrons. The minimum absolute atomic E-state index is 0.104. The highest BCUT2D eigenvalue weighted by Crippen LogP contribution is 2.15. The molecule has 2 heterocycles. The van der Waals surface area contributed by atoms with Crippen LogP contribution in [0, 0.1) is 6.92 Å². The Morgan fingerprint density at radius 3 is 2.30 bits per heavy atom. The van der Waals surface area contributed by atoms with E-state index in [1.165, 1.54) is 29.1 Å². The lowest BCUT2D eigenvalue weighted by Crippen LogP contribution is -2.61. The van der Waals surface area contributed by atoms with E-state index in [2.05, 4.69) is 9.97 Å². The summed E-state index contributed by atoms with van der Waals surface area (Å²) < 4.78 is 0. The Hall–Kier alpha value is -2.51. The first-order valence-corrected chi connectivity index (χ1v) is 7.37. The molecular formula is C15H21N5O3. The Labute approximate surface area is 135 Å². The zero-order chi connectivity index (χ0) is 17.1. The Kier molecular flexibility index (Phi) is 4.92. The molecule has 0 aliphatic carbocycles. The minimum atomic E-state index is -0.698. The third-order valence-corrected chi connectivity index (χ3v) is 3.84. The summed E-state index contributed by atoms with van der Waals surface area (Å²) in [5.74, 6) is -0.0399. The van der Waals surface area contributed by atoms with E-state index in [0.29, 0.717) is 24.5 Å². The molecule has 0 aromatic carbocycles. The summed E-state index contributed by atoms with van der Waals surface area (Å²) in [7, 11) is 3.26. The van der Waals surface area contributed by atoms with Crippen LogP contribution in [0.4, 0.5) is 0 Å². The predicted molar refractivity (Wildman–Crippen MR) is 82.5 cm³/mol. The summed E-state index contributed by atoms with van der Waals surface area (Å²) in [4.78, 5) is 49.3. The van der Waals surface area contributed by atoms with E-state index in [4.69, 9.17) is 0 Å². The monoisotopic (exact) mass is 319 g/mol. The van der Waals surface area contributed by atoms with Gasteiger partial charge in [-0.3, -0.25) is 14.4 Å². The van der Waals surface area contributed by atoms with Crippen molar-refractivity contribution < 1.29 is 14.4 Å². The Balaban J connectivity index is 2.27. The first-order valence-electron chi connectivity index (χ1n) is 7.37. The highest BCUT2D eigenvalue weighted by Gasteiger charge is 2.37. The van der Waals surface area contributed by atoms with Crippen LogP contribution < -0.4 is 0 Å². The Bertz CT molecular complexity index is 614. The second-order valence-corrected chi connectivity index (χ2v) is 5.73. The van der Waals surface area contributed by atoms with Crippen molar-refractivity contribution in [3.8, 4) is 0 Å². The molecule has 1 atom stereocenters. The molecule has 0 saturated carbocycles. The molecule has 3 amide bonds. The van der Waals surface area contributed by atoms with E-state index < -0.39 is 6.04 Å². The van der Waals surface area contributed by atoms with Gasteiger partial charge in [-0.05, 0) is 6.92 Å². The fourth-order valence-electron chi connectivity index (χ4n) is 2.49. The molecule has 1 saturated heterocycles. The van der Waals surface area contributed by atoms with E-state index in [1.54, 1.807) is 25.9 Å². The largest absolute Gasteiger partial charge is 0.347 e. The molecule has 8 heteroatoms. The van der Waals surface area contributed by atoms with Crippen LogP contribution >= 0.6 is 0 Å². The first-order chi connectivity index (χ1) is 10.8. The van der Waals surface area contributed by atoms with E-state index >= 15 is 0 Å². The minimum Gasteiger partial charge on any atom is -0.347 e. The van der Waals surface area contributed by atoms with Crippen molar-refractivity contribution in [3.05, 3.63) is 23.8 Å². The maximum absolute atomic E-state index is 12.7. The molecule has 1 aliphatic heterocycles. The van der Waals surface area contributed by atoms with Crippen molar-refractivity contribution in [1.82, 2.24) is 24.7 Å². The molecule has 0 bridgehead atoms.